The monoisotopic (exact) mass is 205 g/mol. The fourth-order valence-electron chi connectivity index (χ4n) is 1.88. The molecular formula is C13H19NO. The lowest BCUT2D eigenvalue weighted by molar-refractivity contribution is -0.0728. The molecule has 2 rings (SSSR count). The van der Waals surface area contributed by atoms with E-state index in [4.69, 9.17) is 4.74 Å². The van der Waals surface area contributed by atoms with Crippen molar-refractivity contribution >= 4 is 0 Å². The summed E-state index contributed by atoms with van der Waals surface area (Å²) in [5.74, 6) is 0. The van der Waals surface area contributed by atoms with E-state index in [-0.39, 0.29) is 5.60 Å². The number of hydrogen-bond donors (Lipinski definition) is 1. The summed E-state index contributed by atoms with van der Waals surface area (Å²) in [7, 11) is 0. The van der Waals surface area contributed by atoms with Gasteiger partial charge in [-0.3, -0.25) is 0 Å². The van der Waals surface area contributed by atoms with Crippen molar-refractivity contribution in [2.75, 3.05) is 13.2 Å². The van der Waals surface area contributed by atoms with E-state index in [0.717, 1.165) is 13.2 Å². The highest BCUT2D eigenvalue weighted by atomic mass is 16.5. The van der Waals surface area contributed by atoms with Crippen LogP contribution < -0.4 is 5.32 Å². The summed E-state index contributed by atoms with van der Waals surface area (Å²) in [6, 6.07) is 9.06. The molecule has 0 amide bonds. The first-order valence-corrected chi connectivity index (χ1v) is 5.55. The van der Waals surface area contributed by atoms with Crippen molar-refractivity contribution in [3.05, 3.63) is 35.4 Å². The second-order valence-electron chi connectivity index (χ2n) is 4.69. The SMILES string of the molecule is Cc1ccc(C2(C)CNC(C)CO2)cc1. The van der Waals surface area contributed by atoms with Crippen LogP contribution in [0.1, 0.15) is 25.0 Å². The van der Waals surface area contributed by atoms with Gasteiger partial charge in [-0.15, -0.1) is 0 Å². The maximum atomic E-state index is 5.94. The molecule has 82 valence electrons. The van der Waals surface area contributed by atoms with Crippen molar-refractivity contribution < 1.29 is 4.74 Å². The highest BCUT2D eigenvalue weighted by Crippen LogP contribution is 2.27. The predicted molar refractivity (Wildman–Crippen MR) is 61.9 cm³/mol. The minimum Gasteiger partial charge on any atom is -0.368 e. The Morgan fingerprint density at radius 3 is 2.53 bits per heavy atom. The van der Waals surface area contributed by atoms with Crippen molar-refractivity contribution in [2.45, 2.75) is 32.4 Å². The lowest BCUT2D eigenvalue weighted by atomic mass is 9.93. The van der Waals surface area contributed by atoms with Gasteiger partial charge in [-0.25, -0.2) is 0 Å². The van der Waals surface area contributed by atoms with Crippen LogP contribution in [0.15, 0.2) is 24.3 Å². The van der Waals surface area contributed by atoms with Gasteiger partial charge in [-0.05, 0) is 26.3 Å². The Balaban J connectivity index is 2.18. The van der Waals surface area contributed by atoms with Gasteiger partial charge in [0, 0.05) is 12.6 Å². The number of ether oxygens (including phenoxy) is 1. The third kappa shape index (κ3) is 2.21. The lowest BCUT2D eigenvalue weighted by Gasteiger charge is -2.37. The number of hydrogen-bond acceptors (Lipinski definition) is 2. The molecule has 1 saturated heterocycles. The maximum absolute atomic E-state index is 5.94. The first kappa shape index (κ1) is 10.7. The Morgan fingerprint density at radius 1 is 1.33 bits per heavy atom. The Labute approximate surface area is 91.6 Å². The predicted octanol–water partition coefficient (Wildman–Crippen LogP) is 2.22. The van der Waals surface area contributed by atoms with E-state index >= 15 is 0 Å². The molecule has 1 heterocycles. The van der Waals surface area contributed by atoms with E-state index < -0.39 is 0 Å². The summed E-state index contributed by atoms with van der Waals surface area (Å²) in [5.41, 5.74) is 2.38. The minimum atomic E-state index is -0.166. The van der Waals surface area contributed by atoms with Crippen molar-refractivity contribution in [2.24, 2.45) is 0 Å². The fraction of sp³-hybridized carbons (Fsp3) is 0.538. The quantitative estimate of drug-likeness (QED) is 0.759. The Kier molecular flexibility index (Phi) is 2.81. The molecule has 1 aliphatic heterocycles. The standard InChI is InChI=1S/C13H19NO/c1-10-4-6-12(7-5-10)13(3)9-14-11(2)8-15-13/h4-7,11,14H,8-9H2,1-3H3. The minimum absolute atomic E-state index is 0.166. The van der Waals surface area contributed by atoms with Crippen LogP contribution in [0.3, 0.4) is 0 Å². The molecule has 0 spiro atoms. The summed E-state index contributed by atoms with van der Waals surface area (Å²) in [6.07, 6.45) is 0. The molecule has 1 N–H and O–H groups in total. The number of nitrogens with one attached hydrogen (secondary N) is 1. The topological polar surface area (TPSA) is 21.3 Å². The van der Waals surface area contributed by atoms with Crippen LogP contribution in [0.4, 0.5) is 0 Å². The maximum Gasteiger partial charge on any atom is 0.103 e. The molecule has 0 saturated carbocycles. The number of rotatable bonds is 1. The van der Waals surface area contributed by atoms with E-state index in [2.05, 4.69) is 50.4 Å². The van der Waals surface area contributed by atoms with Gasteiger partial charge in [0.1, 0.15) is 5.60 Å². The van der Waals surface area contributed by atoms with Crippen molar-refractivity contribution in [1.29, 1.82) is 0 Å². The highest BCUT2D eigenvalue weighted by Gasteiger charge is 2.31. The van der Waals surface area contributed by atoms with Gasteiger partial charge in [0.15, 0.2) is 0 Å². The second kappa shape index (κ2) is 3.95. The van der Waals surface area contributed by atoms with Crippen LogP contribution in [0.2, 0.25) is 0 Å². The van der Waals surface area contributed by atoms with Crippen LogP contribution in [-0.4, -0.2) is 19.2 Å². The van der Waals surface area contributed by atoms with E-state index in [0.29, 0.717) is 6.04 Å². The van der Waals surface area contributed by atoms with Gasteiger partial charge >= 0.3 is 0 Å². The molecule has 1 fully saturated rings. The first-order valence-electron chi connectivity index (χ1n) is 5.55. The number of morpholine rings is 1. The van der Waals surface area contributed by atoms with Gasteiger partial charge in [-0.1, -0.05) is 29.8 Å². The van der Waals surface area contributed by atoms with Crippen LogP contribution in [0.25, 0.3) is 0 Å². The molecule has 2 atom stereocenters. The smallest absolute Gasteiger partial charge is 0.103 e. The lowest BCUT2D eigenvalue weighted by Crippen LogP contribution is -2.50. The third-order valence-corrected chi connectivity index (χ3v) is 3.10. The molecule has 1 aliphatic rings. The second-order valence-corrected chi connectivity index (χ2v) is 4.69. The van der Waals surface area contributed by atoms with Crippen LogP contribution in [0.5, 0.6) is 0 Å². The summed E-state index contributed by atoms with van der Waals surface area (Å²) in [5, 5.41) is 3.46. The molecule has 1 aromatic rings. The van der Waals surface area contributed by atoms with E-state index in [1.54, 1.807) is 0 Å². The summed E-state index contributed by atoms with van der Waals surface area (Å²) in [6.45, 7) is 8.07. The van der Waals surface area contributed by atoms with Crippen LogP contribution in [-0.2, 0) is 10.3 Å². The van der Waals surface area contributed by atoms with E-state index in [9.17, 15) is 0 Å². The Bertz CT molecular complexity index is 323. The molecule has 0 aliphatic carbocycles. The summed E-state index contributed by atoms with van der Waals surface area (Å²) >= 11 is 0. The van der Waals surface area contributed by atoms with Crippen LogP contribution >= 0.6 is 0 Å². The Hall–Kier alpha value is -0.860. The summed E-state index contributed by atoms with van der Waals surface area (Å²) < 4.78 is 5.94. The molecule has 1 aromatic carbocycles. The zero-order valence-electron chi connectivity index (χ0n) is 9.71. The molecular weight excluding hydrogens is 186 g/mol. The number of aryl methyl sites for hydroxylation is 1. The van der Waals surface area contributed by atoms with Crippen molar-refractivity contribution in [3.8, 4) is 0 Å². The van der Waals surface area contributed by atoms with Gasteiger partial charge in [-0.2, -0.15) is 0 Å². The zero-order valence-corrected chi connectivity index (χ0v) is 9.71. The first-order chi connectivity index (χ1) is 7.10. The van der Waals surface area contributed by atoms with Gasteiger partial charge in [0.2, 0.25) is 0 Å². The molecule has 15 heavy (non-hydrogen) atoms. The van der Waals surface area contributed by atoms with Gasteiger partial charge in [0.05, 0.1) is 6.61 Å². The largest absolute Gasteiger partial charge is 0.368 e. The van der Waals surface area contributed by atoms with Gasteiger partial charge in [0.25, 0.3) is 0 Å². The average Bonchev–Trinajstić information content (AvgIpc) is 2.24. The summed E-state index contributed by atoms with van der Waals surface area (Å²) in [4.78, 5) is 0. The average molecular weight is 205 g/mol. The molecule has 2 heteroatoms. The van der Waals surface area contributed by atoms with Crippen molar-refractivity contribution in [1.82, 2.24) is 5.32 Å². The Morgan fingerprint density at radius 2 is 2.00 bits per heavy atom. The molecule has 0 aromatic heterocycles. The normalized spacial score (nSPS) is 31.5. The number of benzene rings is 1. The highest BCUT2D eigenvalue weighted by molar-refractivity contribution is 5.27. The van der Waals surface area contributed by atoms with E-state index in [1.165, 1.54) is 11.1 Å². The molecule has 2 nitrogen and oxygen atoms in total. The zero-order chi connectivity index (χ0) is 10.9. The molecule has 0 radical (unpaired) electrons. The van der Waals surface area contributed by atoms with Gasteiger partial charge < -0.3 is 10.1 Å². The van der Waals surface area contributed by atoms with Crippen molar-refractivity contribution in [3.63, 3.8) is 0 Å². The van der Waals surface area contributed by atoms with Crippen LogP contribution in [0, 0.1) is 6.92 Å². The third-order valence-electron chi connectivity index (χ3n) is 3.10. The van der Waals surface area contributed by atoms with E-state index in [1.807, 2.05) is 0 Å². The molecule has 2 unspecified atom stereocenters. The fourth-order valence-corrected chi connectivity index (χ4v) is 1.88. The molecule has 0 bridgehead atoms.